The van der Waals surface area contributed by atoms with Gasteiger partial charge in [0.1, 0.15) is 5.75 Å². The molecule has 0 saturated heterocycles. The molecule has 4 rings (SSSR count). The molecule has 0 N–H and O–H groups in total. The number of hydrogen-bond donors (Lipinski definition) is 0. The number of hydrogen-bond acceptors (Lipinski definition) is 4. The summed E-state index contributed by atoms with van der Waals surface area (Å²) in [7, 11) is 1.68. The highest BCUT2D eigenvalue weighted by molar-refractivity contribution is 7.17. The third-order valence-electron chi connectivity index (χ3n) is 5.41. The number of fused-ring (bicyclic) bond motifs is 3. The van der Waals surface area contributed by atoms with Gasteiger partial charge in [0.15, 0.2) is 4.80 Å². The van der Waals surface area contributed by atoms with Gasteiger partial charge in [-0.1, -0.05) is 61.4 Å². The van der Waals surface area contributed by atoms with Crippen LogP contribution in [-0.2, 0) is 11.3 Å². The molecule has 0 radical (unpaired) electrons. The number of ether oxygens (including phenoxy) is 2. The minimum absolute atomic E-state index is 0.260. The standard InChI is InChI=1S/C26H28N2O3S/c1-3-4-7-17-31-21-13-10-20(11-14-21)25(29)27-26-28(16-18-30-2)23-15-12-19-8-5-6-9-22(19)24(23)32-26/h5-6,8-15H,3-4,7,16-18H2,1-2H3. The van der Waals surface area contributed by atoms with Crippen molar-refractivity contribution in [1.82, 2.24) is 4.57 Å². The molecule has 32 heavy (non-hydrogen) atoms. The van der Waals surface area contributed by atoms with Crippen molar-refractivity contribution in [3.05, 3.63) is 71.0 Å². The van der Waals surface area contributed by atoms with Crippen LogP contribution in [0, 0.1) is 0 Å². The van der Waals surface area contributed by atoms with Gasteiger partial charge in [0.05, 0.1) is 23.4 Å². The molecular formula is C26H28N2O3S. The van der Waals surface area contributed by atoms with Crippen LogP contribution >= 0.6 is 11.3 Å². The van der Waals surface area contributed by atoms with Gasteiger partial charge in [0.2, 0.25) is 0 Å². The summed E-state index contributed by atoms with van der Waals surface area (Å²) in [6.07, 6.45) is 3.35. The molecule has 0 fully saturated rings. The Balaban J connectivity index is 1.66. The van der Waals surface area contributed by atoms with Crippen LogP contribution in [-0.4, -0.2) is 30.8 Å². The molecule has 1 heterocycles. The Hall–Kier alpha value is -2.96. The zero-order valence-corrected chi connectivity index (χ0v) is 19.4. The summed E-state index contributed by atoms with van der Waals surface area (Å²) in [6.45, 7) is 4.04. The highest BCUT2D eigenvalue weighted by Gasteiger charge is 2.12. The predicted molar refractivity (Wildman–Crippen MR) is 131 cm³/mol. The Morgan fingerprint density at radius 1 is 1.00 bits per heavy atom. The van der Waals surface area contributed by atoms with Crippen LogP contribution in [0.4, 0.5) is 0 Å². The number of aromatic nitrogens is 1. The van der Waals surface area contributed by atoms with Crippen molar-refractivity contribution < 1.29 is 14.3 Å². The monoisotopic (exact) mass is 448 g/mol. The Labute approximate surface area is 191 Å². The van der Waals surface area contributed by atoms with Crippen molar-refractivity contribution in [2.45, 2.75) is 32.7 Å². The third kappa shape index (κ3) is 4.92. The maximum atomic E-state index is 12.9. The van der Waals surface area contributed by atoms with Gasteiger partial charge in [-0.3, -0.25) is 4.79 Å². The van der Waals surface area contributed by atoms with Gasteiger partial charge in [-0.05, 0) is 42.1 Å². The minimum Gasteiger partial charge on any atom is -0.494 e. The fourth-order valence-electron chi connectivity index (χ4n) is 3.67. The largest absolute Gasteiger partial charge is 0.494 e. The zero-order chi connectivity index (χ0) is 22.3. The van der Waals surface area contributed by atoms with Crippen LogP contribution in [0.15, 0.2) is 65.7 Å². The zero-order valence-electron chi connectivity index (χ0n) is 18.5. The lowest BCUT2D eigenvalue weighted by Gasteiger charge is -2.06. The van der Waals surface area contributed by atoms with Crippen LogP contribution in [0.3, 0.4) is 0 Å². The number of rotatable bonds is 9. The molecule has 1 aromatic heterocycles. The van der Waals surface area contributed by atoms with Crippen LogP contribution in [0.2, 0.25) is 0 Å². The van der Waals surface area contributed by atoms with E-state index in [1.165, 1.54) is 10.8 Å². The SMILES string of the molecule is CCCCCOc1ccc(C(=O)N=c2sc3c4ccccc4ccc3n2CCOC)cc1. The number of amides is 1. The predicted octanol–water partition coefficient (Wildman–Crippen LogP) is 5.81. The van der Waals surface area contributed by atoms with Crippen molar-refractivity contribution in [3.8, 4) is 5.75 Å². The molecule has 0 unspecified atom stereocenters. The van der Waals surface area contributed by atoms with Gasteiger partial charge in [0, 0.05) is 24.6 Å². The Bertz CT molecular complexity index is 1270. The summed E-state index contributed by atoms with van der Waals surface area (Å²) in [5, 5.41) is 2.34. The molecule has 0 aliphatic carbocycles. The highest BCUT2D eigenvalue weighted by Crippen LogP contribution is 2.27. The van der Waals surface area contributed by atoms with Crippen molar-refractivity contribution in [3.63, 3.8) is 0 Å². The molecule has 0 spiro atoms. The number of benzene rings is 3. The average molecular weight is 449 g/mol. The number of nitrogens with zero attached hydrogens (tertiary/aromatic N) is 2. The number of methoxy groups -OCH3 is 1. The smallest absolute Gasteiger partial charge is 0.279 e. The van der Waals surface area contributed by atoms with E-state index in [1.54, 1.807) is 30.6 Å². The van der Waals surface area contributed by atoms with E-state index in [-0.39, 0.29) is 5.91 Å². The number of thiazole rings is 1. The maximum absolute atomic E-state index is 12.9. The molecule has 0 saturated carbocycles. The van der Waals surface area contributed by atoms with Gasteiger partial charge < -0.3 is 14.0 Å². The fourth-order valence-corrected chi connectivity index (χ4v) is 4.86. The van der Waals surface area contributed by atoms with E-state index < -0.39 is 0 Å². The summed E-state index contributed by atoms with van der Waals surface area (Å²) >= 11 is 1.54. The van der Waals surface area contributed by atoms with Crippen molar-refractivity contribution in [1.29, 1.82) is 0 Å². The van der Waals surface area contributed by atoms with Crippen molar-refractivity contribution in [2.24, 2.45) is 4.99 Å². The molecule has 3 aromatic carbocycles. The second kappa shape index (κ2) is 10.6. The first-order valence-corrected chi connectivity index (χ1v) is 11.8. The summed E-state index contributed by atoms with van der Waals surface area (Å²) in [5.41, 5.74) is 1.61. The van der Waals surface area contributed by atoms with E-state index in [2.05, 4.69) is 40.7 Å². The molecule has 0 bridgehead atoms. The summed E-state index contributed by atoms with van der Waals surface area (Å²) in [4.78, 5) is 18.1. The molecule has 0 aliphatic heterocycles. The molecule has 166 valence electrons. The molecule has 1 amide bonds. The Morgan fingerprint density at radius 2 is 1.81 bits per heavy atom. The van der Waals surface area contributed by atoms with E-state index >= 15 is 0 Å². The van der Waals surface area contributed by atoms with Gasteiger partial charge >= 0.3 is 0 Å². The number of carbonyl (C=O) groups is 1. The molecule has 4 aromatic rings. The van der Waals surface area contributed by atoms with Gasteiger partial charge in [-0.15, -0.1) is 0 Å². The lowest BCUT2D eigenvalue weighted by Crippen LogP contribution is -2.19. The summed E-state index contributed by atoms with van der Waals surface area (Å²) in [6, 6.07) is 19.7. The second-order valence-corrected chi connectivity index (χ2v) is 8.64. The molecular weight excluding hydrogens is 420 g/mol. The van der Waals surface area contributed by atoms with E-state index in [0.717, 1.165) is 35.2 Å². The van der Waals surface area contributed by atoms with Crippen LogP contribution in [0.5, 0.6) is 5.75 Å². The van der Waals surface area contributed by atoms with E-state index in [0.29, 0.717) is 30.1 Å². The van der Waals surface area contributed by atoms with Gasteiger partial charge in [0.25, 0.3) is 5.91 Å². The molecule has 5 nitrogen and oxygen atoms in total. The average Bonchev–Trinajstić information content (AvgIpc) is 3.18. The van der Waals surface area contributed by atoms with Gasteiger partial charge in [-0.2, -0.15) is 4.99 Å². The second-order valence-electron chi connectivity index (χ2n) is 7.66. The van der Waals surface area contributed by atoms with E-state index in [4.69, 9.17) is 9.47 Å². The molecule has 0 aliphatic rings. The van der Waals surface area contributed by atoms with Gasteiger partial charge in [-0.25, -0.2) is 0 Å². The minimum atomic E-state index is -0.260. The molecule has 0 atom stereocenters. The first-order chi connectivity index (χ1) is 15.7. The van der Waals surface area contributed by atoms with E-state index in [1.807, 2.05) is 24.3 Å². The Morgan fingerprint density at radius 3 is 2.59 bits per heavy atom. The van der Waals surface area contributed by atoms with Crippen molar-refractivity contribution >= 4 is 38.2 Å². The summed E-state index contributed by atoms with van der Waals surface area (Å²) in [5.74, 6) is 0.519. The van der Waals surface area contributed by atoms with Crippen LogP contribution in [0.1, 0.15) is 36.5 Å². The van der Waals surface area contributed by atoms with E-state index in [9.17, 15) is 4.79 Å². The van der Waals surface area contributed by atoms with Crippen LogP contribution in [0.25, 0.3) is 21.0 Å². The summed E-state index contributed by atoms with van der Waals surface area (Å²) < 4.78 is 14.2. The quantitative estimate of drug-likeness (QED) is 0.304. The topological polar surface area (TPSA) is 52.8 Å². The third-order valence-corrected chi connectivity index (χ3v) is 6.54. The highest BCUT2D eigenvalue weighted by atomic mass is 32.1. The maximum Gasteiger partial charge on any atom is 0.279 e. The van der Waals surface area contributed by atoms with Crippen LogP contribution < -0.4 is 9.54 Å². The first-order valence-electron chi connectivity index (χ1n) is 11.0. The number of carbonyl (C=O) groups excluding carboxylic acids is 1. The lowest BCUT2D eigenvalue weighted by atomic mass is 10.1. The van der Waals surface area contributed by atoms with Crippen molar-refractivity contribution in [2.75, 3.05) is 20.3 Å². The lowest BCUT2D eigenvalue weighted by molar-refractivity contribution is 0.0997. The number of unbranched alkanes of at least 4 members (excludes halogenated alkanes) is 2. The molecule has 6 heteroatoms. The Kier molecular flexibility index (Phi) is 7.35. The fraction of sp³-hybridized carbons (Fsp3) is 0.308. The normalized spacial score (nSPS) is 12.0. The first kappa shape index (κ1) is 22.2.